The van der Waals surface area contributed by atoms with Gasteiger partial charge in [0.1, 0.15) is 11.4 Å². The highest BCUT2D eigenvalue weighted by molar-refractivity contribution is 5.67. The molecule has 0 saturated carbocycles. The highest BCUT2D eigenvalue weighted by Gasteiger charge is 2.17. The predicted octanol–water partition coefficient (Wildman–Crippen LogP) is 4.04. The third kappa shape index (κ3) is 8.20. The van der Waals surface area contributed by atoms with E-state index in [0.717, 1.165) is 18.7 Å². The Labute approximate surface area is 146 Å². The first-order chi connectivity index (χ1) is 11.2. The summed E-state index contributed by atoms with van der Waals surface area (Å²) >= 11 is 0. The summed E-state index contributed by atoms with van der Waals surface area (Å²) in [6, 6.07) is 8.43. The van der Waals surface area contributed by atoms with Gasteiger partial charge < -0.3 is 20.1 Å². The molecule has 0 heterocycles. The van der Waals surface area contributed by atoms with Crippen LogP contribution in [0.1, 0.15) is 59.6 Å². The molecule has 24 heavy (non-hydrogen) atoms. The van der Waals surface area contributed by atoms with Crippen molar-refractivity contribution in [2.75, 3.05) is 13.2 Å². The molecule has 1 aromatic carbocycles. The zero-order chi connectivity index (χ0) is 18.2. The van der Waals surface area contributed by atoms with Crippen molar-refractivity contribution in [1.29, 1.82) is 0 Å². The summed E-state index contributed by atoms with van der Waals surface area (Å²) in [5.41, 5.74) is 0.746. The maximum absolute atomic E-state index is 11.7. The minimum absolute atomic E-state index is 0.0554. The van der Waals surface area contributed by atoms with Crippen molar-refractivity contribution in [3.8, 4) is 5.75 Å². The van der Waals surface area contributed by atoms with E-state index in [0.29, 0.717) is 6.61 Å². The van der Waals surface area contributed by atoms with Gasteiger partial charge in [-0.05, 0) is 72.2 Å². The summed E-state index contributed by atoms with van der Waals surface area (Å²) < 4.78 is 10.7. The molecule has 5 heteroatoms. The summed E-state index contributed by atoms with van der Waals surface area (Å²) in [6.07, 6.45) is 0.468. The van der Waals surface area contributed by atoms with E-state index in [-0.39, 0.29) is 18.2 Å². The number of ether oxygens (including phenoxy) is 2. The van der Waals surface area contributed by atoms with Crippen molar-refractivity contribution >= 4 is 6.09 Å². The number of nitrogens with one attached hydrogen (secondary N) is 2. The van der Waals surface area contributed by atoms with E-state index in [1.807, 2.05) is 46.8 Å². The van der Waals surface area contributed by atoms with E-state index in [2.05, 4.69) is 29.7 Å². The number of hydrogen-bond acceptors (Lipinski definition) is 4. The van der Waals surface area contributed by atoms with E-state index in [1.165, 1.54) is 5.56 Å². The van der Waals surface area contributed by atoms with Gasteiger partial charge in [0.2, 0.25) is 0 Å². The SMILES string of the molecule is CCOc1ccc(C(C)NCCC(C)NC(=O)OC(C)(C)C)cc1. The summed E-state index contributed by atoms with van der Waals surface area (Å²) in [4.78, 5) is 11.7. The van der Waals surface area contributed by atoms with Crippen molar-refractivity contribution < 1.29 is 14.3 Å². The molecule has 0 aliphatic carbocycles. The molecule has 2 N–H and O–H groups in total. The first kappa shape index (κ1) is 20.3. The van der Waals surface area contributed by atoms with E-state index in [4.69, 9.17) is 9.47 Å². The molecule has 0 spiro atoms. The summed E-state index contributed by atoms with van der Waals surface area (Å²) in [5.74, 6) is 0.892. The second kappa shape index (κ2) is 9.52. The van der Waals surface area contributed by atoms with Crippen molar-refractivity contribution in [3.63, 3.8) is 0 Å². The Hall–Kier alpha value is -1.75. The van der Waals surface area contributed by atoms with Crippen molar-refractivity contribution in [1.82, 2.24) is 10.6 Å². The average molecular weight is 336 g/mol. The molecule has 5 nitrogen and oxygen atoms in total. The number of carbonyl (C=O) groups is 1. The summed E-state index contributed by atoms with van der Waals surface area (Å²) in [7, 11) is 0. The Morgan fingerprint density at radius 2 is 1.79 bits per heavy atom. The lowest BCUT2D eigenvalue weighted by Crippen LogP contribution is -2.39. The first-order valence-electron chi connectivity index (χ1n) is 8.67. The van der Waals surface area contributed by atoms with Gasteiger partial charge in [0.15, 0.2) is 0 Å². The number of rotatable bonds is 8. The normalized spacial score (nSPS) is 13.9. The molecule has 1 rings (SSSR count). The van der Waals surface area contributed by atoms with Gasteiger partial charge in [-0.1, -0.05) is 12.1 Å². The van der Waals surface area contributed by atoms with Crippen LogP contribution in [0.25, 0.3) is 0 Å². The molecule has 2 unspecified atom stereocenters. The third-order valence-corrected chi connectivity index (χ3v) is 3.48. The van der Waals surface area contributed by atoms with Gasteiger partial charge >= 0.3 is 6.09 Å². The van der Waals surface area contributed by atoms with Gasteiger partial charge in [-0.25, -0.2) is 4.79 Å². The molecule has 0 aliphatic heterocycles. The Morgan fingerprint density at radius 1 is 1.17 bits per heavy atom. The fraction of sp³-hybridized carbons (Fsp3) is 0.632. The number of amides is 1. The molecule has 0 fully saturated rings. The molecule has 136 valence electrons. The average Bonchev–Trinajstić information content (AvgIpc) is 2.46. The number of carbonyl (C=O) groups excluding carboxylic acids is 1. The molecule has 1 aromatic rings. The maximum atomic E-state index is 11.7. The standard InChI is InChI=1S/C19H32N2O3/c1-7-23-17-10-8-16(9-11-17)15(3)20-13-12-14(2)21-18(22)24-19(4,5)6/h8-11,14-15,20H,7,12-13H2,1-6H3,(H,21,22). The van der Waals surface area contributed by atoms with Crippen LogP contribution in [0, 0.1) is 0 Å². The van der Waals surface area contributed by atoms with Gasteiger partial charge in [0, 0.05) is 12.1 Å². The molecule has 2 atom stereocenters. The molecule has 0 aliphatic rings. The molecular formula is C19H32N2O3. The lowest BCUT2D eigenvalue weighted by atomic mass is 10.1. The minimum Gasteiger partial charge on any atom is -0.494 e. The first-order valence-corrected chi connectivity index (χ1v) is 8.67. The van der Waals surface area contributed by atoms with E-state index in [1.54, 1.807) is 0 Å². The van der Waals surface area contributed by atoms with Crippen LogP contribution in [0.2, 0.25) is 0 Å². The maximum Gasteiger partial charge on any atom is 0.407 e. The van der Waals surface area contributed by atoms with Crippen molar-refractivity contribution in [2.45, 2.75) is 65.6 Å². The second-order valence-electron chi connectivity index (χ2n) is 7.01. The molecule has 0 bridgehead atoms. The van der Waals surface area contributed by atoms with Crippen LogP contribution >= 0.6 is 0 Å². The van der Waals surface area contributed by atoms with Gasteiger partial charge in [0.05, 0.1) is 6.61 Å². The van der Waals surface area contributed by atoms with Crippen molar-refractivity contribution in [3.05, 3.63) is 29.8 Å². The van der Waals surface area contributed by atoms with Crippen LogP contribution in [-0.4, -0.2) is 30.9 Å². The van der Waals surface area contributed by atoms with E-state index in [9.17, 15) is 4.79 Å². The largest absolute Gasteiger partial charge is 0.494 e. The lowest BCUT2D eigenvalue weighted by molar-refractivity contribution is 0.0506. The monoisotopic (exact) mass is 336 g/mol. The molecule has 1 amide bonds. The van der Waals surface area contributed by atoms with Gasteiger partial charge in [0.25, 0.3) is 0 Å². The Morgan fingerprint density at radius 3 is 2.33 bits per heavy atom. The summed E-state index contributed by atoms with van der Waals surface area (Å²) in [6.45, 7) is 13.1. The van der Waals surface area contributed by atoms with Crippen LogP contribution in [0.5, 0.6) is 5.75 Å². The smallest absolute Gasteiger partial charge is 0.407 e. The third-order valence-electron chi connectivity index (χ3n) is 3.48. The Balaban J connectivity index is 2.31. The fourth-order valence-corrected chi connectivity index (χ4v) is 2.23. The lowest BCUT2D eigenvalue weighted by Gasteiger charge is -2.22. The highest BCUT2D eigenvalue weighted by Crippen LogP contribution is 2.17. The molecule has 0 aromatic heterocycles. The molecule has 0 saturated heterocycles. The second-order valence-corrected chi connectivity index (χ2v) is 7.01. The van der Waals surface area contributed by atoms with Gasteiger partial charge in [-0.15, -0.1) is 0 Å². The molecular weight excluding hydrogens is 304 g/mol. The predicted molar refractivity (Wildman–Crippen MR) is 97.5 cm³/mol. The van der Waals surface area contributed by atoms with Crippen LogP contribution in [-0.2, 0) is 4.74 Å². The fourth-order valence-electron chi connectivity index (χ4n) is 2.23. The number of hydrogen-bond donors (Lipinski definition) is 2. The quantitative estimate of drug-likeness (QED) is 0.752. The zero-order valence-corrected chi connectivity index (χ0v) is 15.8. The van der Waals surface area contributed by atoms with Crippen LogP contribution in [0.3, 0.4) is 0 Å². The van der Waals surface area contributed by atoms with Gasteiger partial charge in [-0.2, -0.15) is 0 Å². The Kier molecular flexibility index (Phi) is 8.05. The minimum atomic E-state index is -0.468. The van der Waals surface area contributed by atoms with Gasteiger partial charge in [-0.3, -0.25) is 0 Å². The Bertz CT molecular complexity index is 494. The van der Waals surface area contributed by atoms with Crippen LogP contribution < -0.4 is 15.4 Å². The topological polar surface area (TPSA) is 59.6 Å². The number of benzene rings is 1. The number of alkyl carbamates (subject to hydrolysis) is 1. The van der Waals surface area contributed by atoms with Crippen LogP contribution in [0.4, 0.5) is 4.79 Å². The van der Waals surface area contributed by atoms with E-state index >= 15 is 0 Å². The highest BCUT2D eigenvalue weighted by atomic mass is 16.6. The molecule has 0 radical (unpaired) electrons. The van der Waals surface area contributed by atoms with Crippen molar-refractivity contribution in [2.24, 2.45) is 0 Å². The van der Waals surface area contributed by atoms with E-state index < -0.39 is 5.60 Å². The summed E-state index contributed by atoms with van der Waals surface area (Å²) in [5, 5.41) is 6.32. The van der Waals surface area contributed by atoms with Crippen LogP contribution in [0.15, 0.2) is 24.3 Å². The zero-order valence-electron chi connectivity index (χ0n) is 15.8.